The molecule has 1 atom stereocenters. The Morgan fingerprint density at radius 3 is 2.73 bits per heavy atom. The average molecular weight is 381 g/mol. The van der Waals surface area contributed by atoms with Crippen molar-refractivity contribution >= 4 is 23.2 Å². The van der Waals surface area contributed by atoms with E-state index in [2.05, 4.69) is 27.1 Å². The van der Waals surface area contributed by atoms with Gasteiger partial charge in [0.05, 0.1) is 11.6 Å². The van der Waals surface area contributed by atoms with Crippen LogP contribution < -0.4 is 10.1 Å². The summed E-state index contributed by atoms with van der Waals surface area (Å²) in [5.74, 6) is -0.297. The zero-order chi connectivity index (χ0) is 18.5. The van der Waals surface area contributed by atoms with Crippen LogP contribution in [-0.4, -0.2) is 30.5 Å². The SMILES string of the molecule is O=C(CN1CCCC1c1ccccc1)Nc1ccc(OC(F)F)c(Cl)c1. The maximum atomic E-state index is 12.4. The number of rotatable bonds is 6. The Hall–Kier alpha value is -2.18. The number of ether oxygens (including phenoxy) is 1. The molecule has 1 amide bonds. The van der Waals surface area contributed by atoms with Crippen LogP contribution in [0.25, 0.3) is 0 Å². The number of hydrogen-bond acceptors (Lipinski definition) is 3. The first kappa shape index (κ1) is 18.6. The zero-order valence-corrected chi connectivity index (χ0v) is 14.8. The third-order valence-electron chi connectivity index (χ3n) is 4.33. The van der Waals surface area contributed by atoms with Gasteiger partial charge in [-0.25, -0.2) is 0 Å². The third-order valence-corrected chi connectivity index (χ3v) is 4.62. The Kier molecular flexibility index (Phi) is 6.06. The Morgan fingerprint density at radius 1 is 1.27 bits per heavy atom. The maximum absolute atomic E-state index is 12.4. The lowest BCUT2D eigenvalue weighted by molar-refractivity contribution is -0.117. The van der Waals surface area contributed by atoms with E-state index in [1.54, 1.807) is 0 Å². The summed E-state index contributed by atoms with van der Waals surface area (Å²) >= 11 is 5.91. The van der Waals surface area contributed by atoms with Gasteiger partial charge in [-0.1, -0.05) is 41.9 Å². The van der Waals surface area contributed by atoms with Gasteiger partial charge in [0.15, 0.2) is 0 Å². The molecular weight excluding hydrogens is 362 g/mol. The lowest BCUT2D eigenvalue weighted by Gasteiger charge is -2.24. The Bertz CT molecular complexity index is 758. The van der Waals surface area contributed by atoms with E-state index in [9.17, 15) is 13.6 Å². The van der Waals surface area contributed by atoms with Crippen molar-refractivity contribution in [2.75, 3.05) is 18.4 Å². The summed E-state index contributed by atoms with van der Waals surface area (Å²) < 4.78 is 28.8. The second-order valence-electron chi connectivity index (χ2n) is 6.11. The van der Waals surface area contributed by atoms with Crippen molar-refractivity contribution in [2.24, 2.45) is 0 Å². The minimum absolute atomic E-state index is 0.0198. The summed E-state index contributed by atoms with van der Waals surface area (Å²) in [6.07, 6.45) is 2.06. The predicted octanol–water partition coefficient (Wildman–Crippen LogP) is 4.72. The minimum Gasteiger partial charge on any atom is -0.433 e. The topological polar surface area (TPSA) is 41.6 Å². The van der Waals surface area contributed by atoms with E-state index in [0.29, 0.717) is 5.69 Å². The van der Waals surface area contributed by atoms with Crippen LogP contribution in [0.5, 0.6) is 5.75 Å². The predicted molar refractivity (Wildman–Crippen MR) is 96.7 cm³/mol. The van der Waals surface area contributed by atoms with Crippen LogP contribution in [0.15, 0.2) is 48.5 Å². The third kappa shape index (κ3) is 4.71. The highest BCUT2D eigenvalue weighted by atomic mass is 35.5. The largest absolute Gasteiger partial charge is 0.433 e. The number of anilines is 1. The normalized spacial score (nSPS) is 17.5. The van der Waals surface area contributed by atoms with E-state index in [1.807, 2.05) is 18.2 Å². The molecule has 7 heteroatoms. The molecule has 0 bridgehead atoms. The number of likely N-dealkylation sites (tertiary alicyclic amines) is 1. The highest BCUT2D eigenvalue weighted by Crippen LogP contribution is 2.32. The fraction of sp³-hybridized carbons (Fsp3) is 0.316. The molecular formula is C19H19ClF2N2O2. The van der Waals surface area contributed by atoms with Gasteiger partial charge in [0.1, 0.15) is 5.75 Å². The number of hydrogen-bond donors (Lipinski definition) is 1. The molecule has 3 rings (SSSR count). The molecule has 0 saturated carbocycles. The van der Waals surface area contributed by atoms with Crippen molar-refractivity contribution in [3.8, 4) is 5.75 Å². The molecule has 1 aliphatic heterocycles. The summed E-state index contributed by atoms with van der Waals surface area (Å²) in [7, 11) is 0. The average Bonchev–Trinajstić information content (AvgIpc) is 3.06. The fourth-order valence-corrected chi connectivity index (χ4v) is 3.45. The van der Waals surface area contributed by atoms with E-state index < -0.39 is 6.61 Å². The molecule has 0 aliphatic carbocycles. The Morgan fingerprint density at radius 2 is 2.04 bits per heavy atom. The van der Waals surface area contributed by atoms with Gasteiger partial charge >= 0.3 is 6.61 Å². The first-order chi connectivity index (χ1) is 12.5. The summed E-state index contributed by atoms with van der Waals surface area (Å²) in [6.45, 7) is -1.83. The van der Waals surface area contributed by atoms with E-state index in [1.165, 1.54) is 23.8 Å². The highest BCUT2D eigenvalue weighted by Gasteiger charge is 2.27. The zero-order valence-electron chi connectivity index (χ0n) is 14.0. The van der Waals surface area contributed by atoms with Crippen molar-refractivity contribution in [1.82, 2.24) is 4.90 Å². The lowest BCUT2D eigenvalue weighted by atomic mass is 10.0. The van der Waals surface area contributed by atoms with Crippen LogP contribution in [0.2, 0.25) is 5.02 Å². The monoisotopic (exact) mass is 380 g/mol. The molecule has 26 heavy (non-hydrogen) atoms. The Labute approximate surface area is 155 Å². The van der Waals surface area contributed by atoms with Gasteiger partial charge in [0.25, 0.3) is 0 Å². The molecule has 4 nitrogen and oxygen atoms in total. The lowest BCUT2D eigenvalue weighted by Crippen LogP contribution is -2.32. The number of carbonyl (C=O) groups is 1. The number of carbonyl (C=O) groups excluding carboxylic acids is 1. The van der Waals surface area contributed by atoms with E-state index >= 15 is 0 Å². The molecule has 0 spiro atoms. The van der Waals surface area contributed by atoms with Crippen molar-refractivity contribution in [2.45, 2.75) is 25.5 Å². The minimum atomic E-state index is -2.95. The first-order valence-electron chi connectivity index (χ1n) is 8.36. The van der Waals surface area contributed by atoms with Gasteiger partial charge in [0.2, 0.25) is 5.91 Å². The number of nitrogens with one attached hydrogen (secondary N) is 1. The van der Waals surface area contributed by atoms with Gasteiger partial charge in [0, 0.05) is 11.7 Å². The number of alkyl halides is 2. The van der Waals surface area contributed by atoms with Crippen molar-refractivity contribution in [3.05, 3.63) is 59.1 Å². The van der Waals surface area contributed by atoms with Crippen LogP contribution in [-0.2, 0) is 4.79 Å². The maximum Gasteiger partial charge on any atom is 0.387 e. The fourth-order valence-electron chi connectivity index (χ4n) is 3.22. The molecule has 1 saturated heterocycles. The van der Waals surface area contributed by atoms with Crippen LogP contribution in [0.1, 0.15) is 24.4 Å². The van der Waals surface area contributed by atoms with Gasteiger partial charge in [-0.3, -0.25) is 9.69 Å². The second kappa shape index (κ2) is 8.47. The smallest absolute Gasteiger partial charge is 0.387 e. The van der Waals surface area contributed by atoms with Gasteiger partial charge < -0.3 is 10.1 Å². The molecule has 0 radical (unpaired) electrons. The van der Waals surface area contributed by atoms with Crippen LogP contribution in [0, 0.1) is 0 Å². The van der Waals surface area contributed by atoms with Crippen molar-refractivity contribution in [1.29, 1.82) is 0 Å². The molecule has 1 fully saturated rings. The van der Waals surface area contributed by atoms with Crippen molar-refractivity contribution in [3.63, 3.8) is 0 Å². The summed E-state index contributed by atoms with van der Waals surface area (Å²) in [4.78, 5) is 14.5. The molecule has 138 valence electrons. The number of benzene rings is 2. The van der Waals surface area contributed by atoms with E-state index in [-0.39, 0.29) is 29.3 Å². The van der Waals surface area contributed by atoms with E-state index in [4.69, 9.17) is 11.6 Å². The number of nitrogens with zero attached hydrogens (tertiary/aromatic N) is 1. The van der Waals surface area contributed by atoms with Gasteiger partial charge in [-0.15, -0.1) is 0 Å². The van der Waals surface area contributed by atoms with Crippen LogP contribution in [0.4, 0.5) is 14.5 Å². The number of halogens is 3. The molecule has 1 aliphatic rings. The van der Waals surface area contributed by atoms with Crippen LogP contribution >= 0.6 is 11.6 Å². The molecule has 1 heterocycles. The standard InChI is InChI=1S/C19H19ClF2N2O2/c20-15-11-14(8-9-17(15)26-19(21)22)23-18(25)12-24-10-4-7-16(24)13-5-2-1-3-6-13/h1-3,5-6,8-9,11,16,19H,4,7,10,12H2,(H,23,25). The van der Waals surface area contributed by atoms with Crippen molar-refractivity contribution < 1.29 is 18.3 Å². The molecule has 0 aromatic heterocycles. The quantitative estimate of drug-likeness (QED) is 0.788. The molecule has 1 unspecified atom stereocenters. The highest BCUT2D eigenvalue weighted by molar-refractivity contribution is 6.32. The second-order valence-corrected chi connectivity index (χ2v) is 6.52. The molecule has 1 N–H and O–H groups in total. The molecule has 2 aromatic rings. The summed E-state index contributed by atoms with van der Waals surface area (Å²) in [5.41, 5.74) is 1.64. The van der Waals surface area contributed by atoms with Gasteiger partial charge in [-0.05, 0) is 43.1 Å². The van der Waals surface area contributed by atoms with Crippen LogP contribution in [0.3, 0.4) is 0 Å². The molecule has 2 aromatic carbocycles. The first-order valence-corrected chi connectivity index (χ1v) is 8.74. The van der Waals surface area contributed by atoms with Gasteiger partial charge in [-0.2, -0.15) is 8.78 Å². The summed E-state index contributed by atoms with van der Waals surface area (Å²) in [6, 6.07) is 14.5. The summed E-state index contributed by atoms with van der Waals surface area (Å²) in [5, 5.41) is 2.77. The van der Waals surface area contributed by atoms with E-state index in [0.717, 1.165) is 19.4 Å². The number of amides is 1. The Balaban J connectivity index is 1.61.